The monoisotopic (exact) mass is 291 g/mol. The van der Waals surface area contributed by atoms with Crippen molar-refractivity contribution in [3.8, 4) is 0 Å². The van der Waals surface area contributed by atoms with Crippen molar-refractivity contribution in [1.82, 2.24) is 9.29 Å². The van der Waals surface area contributed by atoms with E-state index in [9.17, 15) is 8.42 Å². The molecular formula is C10H14ClN3O3S. The molecule has 8 heteroatoms. The lowest BCUT2D eigenvalue weighted by molar-refractivity contribution is 0.0730. The molecule has 1 N–H and O–H groups in total. The Kier molecular flexibility index (Phi) is 4.06. The highest BCUT2D eigenvalue weighted by atomic mass is 35.5. The minimum absolute atomic E-state index is 0.0967. The zero-order valence-electron chi connectivity index (χ0n) is 9.89. The molecule has 6 nitrogen and oxygen atoms in total. The van der Waals surface area contributed by atoms with Crippen molar-refractivity contribution in [2.24, 2.45) is 0 Å². The van der Waals surface area contributed by atoms with Crippen LogP contribution in [0.25, 0.3) is 0 Å². The van der Waals surface area contributed by atoms with E-state index in [-0.39, 0.29) is 9.92 Å². The number of pyridine rings is 1. The first-order valence-corrected chi connectivity index (χ1v) is 7.28. The molecule has 0 bridgehead atoms. The maximum atomic E-state index is 12.5. The summed E-state index contributed by atoms with van der Waals surface area (Å²) in [5, 5.41) is 3.08. The second kappa shape index (κ2) is 5.40. The number of nitrogens with zero attached hydrogens (tertiary/aromatic N) is 2. The number of anilines is 1. The lowest BCUT2D eigenvalue weighted by atomic mass is 10.4. The fraction of sp³-hybridized carbons (Fsp3) is 0.500. The lowest BCUT2D eigenvalue weighted by Crippen LogP contribution is -2.40. The predicted octanol–water partition coefficient (Wildman–Crippen LogP) is 0.798. The zero-order valence-corrected chi connectivity index (χ0v) is 11.5. The molecule has 2 rings (SSSR count). The fourth-order valence-electron chi connectivity index (χ4n) is 1.78. The highest BCUT2D eigenvalue weighted by molar-refractivity contribution is 7.89. The molecule has 1 aliphatic heterocycles. The van der Waals surface area contributed by atoms with Crippen molar-refractivity contribution in [2.75, 3.05) is 38.7 Å². The summed E-state index contributed by atoms with van der Waals surface area (Å²) < 4.78 is 31.4. The molecule has 18 heavy (non-hydrogen) atoms. The second-order valence-electron chi connectivity index (χ2n) is 3.76. The van der Waals surface area contributed by atoms with Gasteiger partial charge in [-0.3, -0.25) is 4.98 Å². The van der Waals surface area contributed by atoms with E-state index in [1.165, 1.54) is 16.7 Å². The molecule has 0 aromatic carbocycles. The lowest BCUT2D eigenvalue weighted by Gasteiger charge is -2.26. The van der Waals surface area contributed by atoms with Crippen LogP contribution in [-0.4, -0.2) is 51.1 Å². The van der Waals surface area contributed by atoms with Crippen molar-refractivity contribution < 1.29 is 13.2 Å². The van der Waals surface area contributed by atoms with Crippen LogP contribution in [0.4, 0.5) is 5.69 Å². The minimum atomic E-state index is -3.58. The Labute approximate surface area is 111 Å². The van der Waals surface area contributed by atoms with Crippen LogP contribution in [0, 0.1) is 0 Å². The number of sulfonamides is 1. The van der Waals surface area contributed by atoms with Crippen LogP contribution in [-0.2, 0) is 14.8 Å². The molecule has 0 amide bonds. The molecule has 1 saturated heterocycles. The van der Waals surface area contributed by atoms with Gasteiger partial charge in [-0.2, -0.15) is 4.31 Å². The summed E-state index contributed by atoms with van der Waals surface area (Å²) in [6, 6.07) is 0. The molecular weight excluding hydrogens is 278 g/mol. The van der Waals surface area contributed by atoms with Crippen molar-refractivity contribution in [1.29, 1.82) is 0 Å². The average Bonchev–Trinajstić information content (AvgIpc) is 2.39. The first-order chi connectivity index (χ1) is 8.57. The maximum absolute atomic E-state index is 12.5. The molecule has 2 heterocycles. The number of hydrogen-bond donors (Lipinski definition) is 1. The molecule has 1 aliphatic rings. The van der Waals surface area contributed by atoms with E-state index in [1.54, 1.807) is 7.05 Å². The maximum Gasteiger partial charge on any atom is 0.246 e. The van der Waals surface area contributed by atoms with Crippen molar-refractivity contribution in [2.45, 2.75) is 4.90 Å². The van der Waals surface area contributed by atoms with Gasteiger partial charge in [-0.15, -0.1) is 0 Å². The third kappa shape index (κ3) is 2.44. The van der Waals surface area contributed by atoms with Crippen LogP contribution in [0.2, 0.25) is 5.02 Å². The summed E-state index contributed by atoms with van der Waals surface area (Å²) in [4.78, 5) is 3.94. The number of aromatic nitrogens is 1. The fourth-order valence-corrected chi connectivity index (χ4v) is 3.66. The summed E-state index contributed by atoms with van der Waals surface area (Å²) in [5.74, 6) is 0. The van der Waals surface area contributed by atoms with Crippen LogP contribution in [0.1, 0.15) is 0 Å². The standard InChI is InChI=1S/C10H14ClN3O3S/c1-12-10-8(11)6-13-7-9(10)18(15,16)14-2-4-17-5-3-14/h6-7H,2-5H2,1H3,(H,12,13). The molecule has 1 aromatic rings. The minimum Gasteiger partial charge on any atom is -0.386 e. The average molecular weight is 292 g/mol. The number of rotatable bonds is 3. The Balaban J connectivity index is 2.43. The quantitative estimate of drug-likeness (QED) is 0.892. The highest BCUT2D eigenvalue weighted by Gasteiger charge is 2.29. The summed E-state index contributed by atoms with van der Waals surface area (Å²) in [6.07, 6.45) is 2.72. The Bertz CT molecular complexity index is 529. The number of hydrogen-bond acceptors (Lipinski definition) is 5. The Morgan fingerprint density at radius 1 is 1.39 bits per heavy atom. The Morgan fingerprint density at radius 3 is 2.67 bits per heavy atom. The van der Waals surface area contributed by atoms with Gasteiger partial charge in [0, 0.05) is 32.5 Å². The number of nitrogens with one attached hydrogen (secondary N) is 1. The topological polar surface area (TPSA) is 71.5 Å². The zero-order chi connectivity index (χ0) is 13.2. The molecule has 0 unspecified atom stereocenters. The van der Waals surface area contributed by atoms with E-state index < -0.39 is 10.0 Å². The number of halogens is 1. The third-order valence-electron chi connectivity index (χ3n) is 2.70. The van der Waals surface area contributed by atoms with Gasteiger partial charge >= 0.3 is 0 Å². The van der Waals surface area contributed by atoms with E-state index in [1.807, 2.05) is 0 Å². The molecule has 0 radical (unpaired) electrons. The molecule has 100 valence electrons. The molecule has 0 atom stereocenters. The van der Waals surface area contributed by atoms with Crippen molar-refractivity contribution >= 4 is 27.3 Å². The van der Waals surface area contributed by atoms with Gasteiger partial charge in [-0.1, -0.05) is 11.6 Å². The molecule has 0 saturated carbocycles. The molecule has 0 spiro atoms. The van der Waals surface area contributed by atoms with Gasteiger partial charge in [0.25, 0.3) is 0 Å². The van der Waals surface area contributed by atoms with E-state index in [4.69, 9.17) is 16.3 Å². The second-order valence-corrected chi connectivity index (χ2v) is 6.07. The predicted molar refractivity (Wildman–Crippen MR) is 68.4 cm³/mol. The summed E-state index contributed by atoms with van der Waals surface area (Å²) in [5.41, 5.74) is 0.373. The van der Waals surface area contributed by atoms with E-state index in [0.717, 1.165) is 0 Å². The number of ether oxygens (including phenoxy) is 1. The van der Waals surface area contributed by atoms with Crippen molar-refractivity contribution in [3.05, 3.63) is 17.4 Å². The van der Waals surface area contributed by atoms with Gasteiger partial charge in [0.15, 0.2) is 0 Å². The first-order valence-electron chi connectivity index (χ1n) is 5.46. The summed E-state index contributed by atoms with van der Waals surface area (Å²) in [6.45, 7) is 1.50. The van der Waals surface area contributed by atoms with Gasteiger partial charge in [0.2, 0.25) is 10.0 Å². The third-order valence-corrected chi connectivity index (χ3v) is 4.90. The largest absolute Gasteiger partial charge is 0.386 e. The molecule has 1 aromatic heterocycles. The highest BCUT2D eigenvalue weighted by Crippen LogP contribution is 2.30. The van der Waals surface area contributed by atoms with Crippen LogP contribution < -0.4 is 5.32 Å². The molecule has 1 fully saturated rings. The Hall–Kier alpha value is -0.890. The van der Waals surface area contributed by atoms with Crippen LogP contribution in [0.15, 0.2) is 17.3 Å². The number of morpholine rings is 1. The summed E-state index contributed by atoms with van der Waals surface area (Å²) in [7, 11) is -1.96. The SMILES string of the molecule is CNc1c(Cl)cncc1S(=O)(=O)N1CCOCC1. The van der Waals surface area contributed by atoms with E-state index in [2.05, 4.69) is 10.3 Å². The Morgan fingerprint density at radius 2 is 2.06 bits per heavy atom. The van der Waals surface area contributed by atoms with Crippen LogP contribution in [0.5, 0.6) is 0 Å². The first kappa shape index (κ1) is 13.5. The van der Waals surface area contributed by atoms with Gasteiger partial charge in [-0.05, 0) is 0 Å². The molecule has 0 aliphatic carbocycles. The van der Waals surface area contributed by atoms with Crippen LogP contribution in [0.3, 0.4) is 0 Å². The van der Waals surface area contributed by atoms with Gasteiger partial charge in [0.05, 0.1) is 23.9 Å². The smallest absolute Gasteiger partial charge is 0.246 e. The van der Waals surface area contributed by atoms with E-state index in [0.29, 0.717) is 32.0 Å². The normalized spacial score (nSPS) is 17.7. The van der Waals surface area contributed by atoms with Gasteiger partial charge in [0.1, 0.15) is 4.90 Å². The van der Waals surface area contributed by atoms with E-state index >= 15 is 0 Å². The van der Waals surface area contributed by atoms with Crippen molar-refractivity contribution in [3.63, 3.8) is 0 Å². The van der Waals surface area contributed by atoms with Gasteiger partial charge in [-0.25, -0.2) is 8.42 Å². The summed E-state index contributed by atoms with van der Waals surface area (Å²) >= 11 is 5.94. The van der Waals surface area contributed by atoms with Gasteiger partial charge < -0.3 is 10.1 Å². The van der Waals surface area contributed by atoms with Crippen LogP contribution >= 0.6 is 11.6 Å².